The number of fused-ring (bicyclic) bond motifs is 1. The first-order valence-corrected chi connectivity index (χ1v) is 4.85. The number of hydrogen-bond acceptors (Lipinski definition) is 4. The summed E-state index contributed by atoms with van der Waals surface area (Å²) in [6, 6.07) is 0. The van der Waals surface area contributed by atoms with Crippen molar-refractivity contribution in [3.8, 4) is 5.88 Å². The summed E-state index contributed by atoms with van der Waals surface area (Å²) < 4.78 is 7.03. The predicted octanol–water partition coefficient (Wildman–Crippen LogP) is 0.704. The van der Waals surface area contributed by atoms with E-state index >= 15 is 0 Å². The summed E-state index contributed by atoms with van der Waals surface area (Å²) in [4.78, 5) is 2.14. The summed E-state index contributed by atoms with van der Waals surface area (Å²) in [7, 11) is 3.63. The molecule has 14 heavy (non-hydrogen) atoms. The normalized spacial score (nSPS) is 16.3. The lowest BCUT2D eigenvalue weighted by Crippen LogP contribution is -2.20. The lowest BCUT2D eigenvalue weighted by atomic mass is 10.3. The third-order valence-corrected chi connectivity index (χ3v) is 2.60. The Balaban J connectivity index is 2.45. The van der Waals surface area contributed by atoms with Gasteiger partial charge in [-0.2, -0.15) is 0 Å². The molecule has 1 aromatic heterocycles. The molecule has 5 nitrogen and oxygen atoms in total. The van der Waals surface area contributed by atoms with Crippen LogP contribution in [0.4, 0.5) is 11.5 Å². The quantitative estimate of drug-likeness (QED) is 0.718. The Hall–Kier alpha value is -1.39. The third kappa shape index (κ3) is 1.29. The Morgan fingerprint density at radius 2 is 2.07 bits per heavy atom. The largest absolute Gasteiger partial charge is 0.478 e. The summed E-state index contributed by atoms with van der Waals surface area (Å²) >= 11 is 0. The molecule has 0 fully saturated rings. The van der Waals surface area contributed by atoms with Crippen LogP contribution in [0.15, 0.2) is 0 Å². The van der Waals surface area contributed by atoms with Crippen molar-refractivity contribution in [1.82, 2.24) is 9.78 Å². The van der Waals surface area contributed by atoms with Crippen molar-refractivity contribution >= 4 is 11.5 Å². The monoisotopic (exact) mass is 196 g/mol. The van der Waals surface area contributed by atoms with E-state index in [2.05, 4.69) is 10.00 Å². The molecule has 0 bridgehead atoms. The van der Waals surface area contributed by atoms with E-state index in [0.717, 1.165) is 25.3 Å². The summed E-state index contributed by atoms with van der Waals surface area (Å²) in [6.07, 6.45) is 2.32. The van der Waals surface area contributed by atoms with Gasteiger partial charge in [0.2, 0.25) is 0 Å². The van der Waals surface area contributed by atoms with Crippen LogP contribution in [0.1, 0.15) is 12.8 Å². The maximum Gasteiger partial charge on any atom is 0.258 e. The van der Waals surface area contributed by atoms with Crippen LogP contribution in [0.5, 0.6) is 5.88 Å². The Kier molecular flexibility index (Phi) is 2.23. The molecule has 0 radical (unpaired) electrons. The molecule has 2 heterocycles. The summed E-state index contributed by atoms with van der Waals surface area (Å²) in [5.74, 6) is 1.52. The van der Waals surface area contributed by atoms with Crippen LogP contribution < -0.4 is 15.4 Å². The van der Waals surface area contributed by atoms with Crippen molar-refractivity contribution in [2.24, 2.45) is 0 Å². The van der Waals surface area contributed by atoms with Gasteiger partial charge in [-0.05, 0) is 12.8 Å². The molecule has 0 saturated heterocycles. The number of ether oxygens (including phenoxy) is 1. The van der Waals surface area contributed by atoms with Crippen molar-refractivity contribution in [3.63, 3.8) is 0 Å². The van der Waals surface area contributed by atoms with Crippen LogP contribution in [-0.4, -0.2) is 30.5 Å². The van der Waals surface area contributed by atoms with Gasteiger partial charge in [-0.3, -0.25) is 0 Å². The van der Waals surface area contributed by atoms with Crippen LogP contribution >= 0.6 is 0 Å². The third-order valence-electron chi connectivity index (χ3n) is 2.60. The zero-order valence-electron chi connectivity index (χ0n) is 8.66. The topological polar surface area (TPSA) is 56.3 Å². The van der Waals surface area contributed by atoms with E-state index in [-0.39, 0.29) is 0 Å². The smallest absolute Gasteiger partial charge is 0.258 e. The van der Waals surface area contributed by atoms with Crippen LogP contribution in [-0.2, 0) is 6.54 Å². The zero-order valence-corrected chi connectivity index (χ0v) is 8.66. The standard InChI is InChI=1S/C9H16N4O/c1-12-5-3-4-6-13-9(12)7(10)8(11-13)14-2/h3-6,10H2,1-2H3. The van der Waals surface area contributed by atoms with Gasteiger partial charge in [-0.1, -0.05) is 0 Å². The van der Waals surface area contributed by atoms with Crippen molar-refractivity contribution < 1.29 is 4.74 Å². The Bertz CT molecular complexity index is 334. The average molecular weight is 196 g/mol. The fraction of sp³-hybridized carbons (Fsp3) is 0.667. The number of anilines is 2. The fourth-order valence-corrected chi connectivity index (χ4v) is 1.87. The molecule has 5 heteroatoms. The lowest BCUT2D eigenvalue weighted by Gasteiger charge is -2.16. The van der Waals surface area contributed by atoms with Crippen LogP contribution in [0.2, 0.25) is 0 Å². The molecule has 1 aromatic rings. The first kappa shape index (κ1) is 9.18. The van der Waals surface area contributed by atoms with Gasteiger partial charge < -0.3 is 15.4 Å². The second-order valence-corrected chi connectivity index (χ2v) is 3.60. The van der Waals surface area contributed by atoms with E-state index in [4.69, 9.17) is 10.5 Å². The number of nitrogens with two attached hydrogens (primary N) is 1. The zero-order chi connectivity index (χ0) is 10.1. The van der Waals surface area contributed by atoms with E-state index in [1.807, 2.05) is 11.7 Å². The molecule has 1 aliphatic rings. The SMILES string of the molecule is COc1nn2c(c1N)N(C)CCCC2. The minimum Gasteiger partial charge on any atom is -0.478 e. The van der Waals surface area contributed by atoms with Crippen LogP contribution in [0, 0.1) is 0 Å². The van der Waals surface area contributed by atoms with E-state index in [0.29, 0.717) is 11.6 Å². The van der Waals surface area contributed by atoms with Gasteiger partial charge in [-0.15, -0.1) is 5.10 Å². The second-order valence-electron chi connectivity index (χ2n) is 3.60. The summed E-state index contributed by atoms with van der Waals surface area (Å²) in [6.45, 7) is 1.95. The number of nitrogens with zero attached hydrogens (tertiary/aromatic N) is 3. The molecule has 0 spiro atoms. The van der Waals surface area contributed by atoms with E-state index in [9.17, 15) is 0 Å². The molecule has 0 amide bonds. The van der Waals surface area contributed by atoms with Gasteiger partial charge in [0.05, 0.1) is 7.11 Å². The van der Waals surface area contributed by atoms with E-state index in [1.165, 1.54) is 6.42 Å². The Labute approximate surface area is 83.4 Å². The Morgan fingerprint density at radius 3 is 2.79 bits per heavy atom. The molecule has 2 N–H and O–H groups in total. The highest BCUT2D eigenvalue weighted by molar-refractivity contribution is 5.69. The molecule has 0 unspecified atom stereocenters. The lowest BCUT2D eigenvalue weighted by molar-refractivity contribution is 0.389. The van der Waals surface area contributed by atoms with Crippen molar-refractivity contribution in [2.75, 3.05) is 31.3 Å². The molecule has 0 atom stereocenters. The highest BCUT2D eigenvalue weighted by Crippen LogP contribution is 2.32. The van der Waals surface area contributed by atoms with Crippen LogP contribution in [0.25, 0.3) is 0 Å². The number of hydrogen-bond donors (Lipinski definition) is 1. The second kappa shape index (κ2) is 3.40. The minimum absolute atomic E-state index is 0.536. The number of aromatic nitrogens is 2. The molecule has 1 aliphatic heterocycles. The summed E-state index contributed by atoms with van der Waals surface area (Å²) in [5, 5.41) is 4.31. The van der Waals surface area contributed by atoms with Gasteiger partial charge in [0.1, 0.15) is 5.69 Å². The Morgan fingerprint density at radius 1 is 1.36 bits per heavy atom. The number of nitrogen functional groups attached to an aromatic ring is 1. The first-order chi connectivity index (χ1) is 6.74. The highest BCUT2D eigenvalue weighted by Gasteiger charge is 2.20. The predicted molar refractivity (Wildman–Crippen MR) is 55.7 cm³/mol. The van der Waals surface area contributed by atoms with Crippen molar-refractivity contribution in [3.05, 3.63) is 0 Å². The fourth-order valence-electron chi connectivity index (χ4n) is 1.87. The minimum atomic E-state index is 0.536. The first-order valence-electron chi connectivity index (χ1n) is 4.85. The molecule has 78 valence electrons. The van der Waals surface area contributed by atoms with Gasteiger partial charge in [0.25, 0.3) is 5.88 Å². The molecular formula is C9H16N4O. The van der Waals surface area contributed by atoms with Gasteiger partial charge in [0.15, 0.2) is 5.82 Å². The number of aryl methyl sites for hydroxylation is 1. The molecule has 0 aromatic carbocycles. The van der Waals surface area contributed by atoms with Gasteiger partial charge in [-0.25, -0.2) is 4.68 Å². The molecular weight excluding hydrogens is 180 g/mol. The van der Waals surface area contributed by atoms with E-state index in [1.54, 1.807) is 7.11 Å². The maximum absolute atomic E-state index is 5.94. The molecule has 0 saturated carbocycles. The average Bonchev–Trinajstić information content (AvgIpc) is 2.37. The molecule has 2 rings (SSSR count). The van der Waals surface area contributed by atoms with Gasteiger partial charge in [0, 0.05) is 20.1 Å². The molecule has 0 aliphatic carbocycles. The number of rotatable bonds is 1. The maximum atomic E-state index is 5.94. The number of methoxy groups -OCH3 is 1. The summed E-state index contributed by atoms with van der Waals surface area (Å²) in [5.41, 5.74) is 6.59. The van der Waals surface area contributed by atoms with Crippen molar-refractivity contribution in [2.45, 2.75) is 19.4 Å². The van der Waals surface area contributed by atoms with E-state index < -0.39 is 0 Å². The van der Waals surface area contributed by atoms with Crippen LogP contribution in [0.3, 0.4) is 0 Å². The van der Waals surface area contributed by atoms with Gasteiger partial charge >= 0.3 is 0 Å². The van der Waals surface area contributed by atoms with Crippen molar-refractivity contribution in [1.29, 1.82) is 0 Å². The highest BCUT2D eigenvalue weighted by atomic mass is 16.5.